The Kier molecular flexibility index (Phi) is 4.13. The Morgan fingerprint density at radius 2 is 2.04 bits per heavy atom. The molecule has 0 aliphatic heterocycles. The second-order valence-corrected chi connectivity index (χ2v) is 6.44. The predicted octanol–water partition coefficient (Wildman–Crippen LogP) is 2.59. The lowest BCUT2D eigenvalue weighted by molar-refractivity contribution is 0.210. The van der Waals surface area contributed by atoms with Crippen molar-refractivity contribution in [1.29, 1.82) is 0 Å². The van der Waals surface area contributed by atoms with Crippen LogP contribution in [0.3, 0.4) is 0 Å². The van der Waals surface area contributed by atoms with E-state index < -0.39 is 0 Å². The fourth-order valence-corrected chi connectivity index (χ4v) is 3.19. The smallest absolute Gasteiger partial charge is 0.263 e. The number of ether oxygens (including phenoxy) is 1. The molecule has 3 aromatic rings. The van der Waals surface area contributed by atoms with Gasteiger partial charge in [0.1, 0.15) is 11.1 Å². The molecule has 1 fully saturated rings. The van der Waals surface area contributed by atoms with Crippen molar-refractivity contribution in [3.05, 3.63) is 46.4 Å². The lowest BCUT2D eigenvalue weighted by Crippen LogP contribution is -2.13. The number of benzene rings is 1. The standard InChI is InChI=1S/C18H21N5O2/c1-23-16-15(11-20-23)17(24)22-18(21-16)19-10-12-6-8-14(9-7-12)25-13-4-2-3-5-13/h6-9,11,13H,2-5,10H2,1H3,(H2,19,21,22,24). The average molecular weight is 339 g/mol. The predicted molar refractivity (Wildman–Crippen MR) is 95.8 cm³/mol. The maximum Gasteiger partial charge on any atom is 0.263 e. The molecular weight excluding hydrogens is 318 g/mol. The van der Waals surface area contributed by atoms with Crippen molar-refractivity contribution >= 4 is 17.0 Å². The Balaban J connectivity index is 1.42. The van der Waals surface area contributed by atoms with E-state index in [1.807, 2.05) is 24.3 Å². The number of aromatic nitrogens is 4. The van der Waals surface area contributed by atoms with Crippen LogP contribution >= 0.6 is 0 Å². The summed E-state index contributed by atoms with van der Waals surface area (Å²) in [6.45, 7) is 0.565. The summed E-state index contributed by atoms with van der Waals surface area (Å²) < 4.78 is 7.56. The van der Waals surface area contributed by atoms with Crippen molar-refractivity contribution in [3.8, 4) is 5.75 Å². The monoisotopic (exact) mass is 339 g/mol. The molecule has 1 saturated carbocycles. The minimum atomic E-state index is -0.194. The maximum atomic E-state index is 12.0. The number of fused-ring (bicyclic) bond motifs is 1. The van der Waals surface area contributed by atoms with Crippen molar-refractivity contribution in [2.24, 2.45) is 7.05 Å². The van der Waals surface area contributed by atoms with Crippen LogP contribution in [-0.4, -0.2) is 25.9 Å². The zero-order valence-electron chi connectivity index (χ0n) is 14.2. The van der Waals surface area contributed by atoms with Gasteiger partial charge in [0.05, 0.1) is 12.3 Å². The van der Waals surface area contributed by atoms with Crippen LogP contribution in [0.2, 0.25) is 0 Å². The highest BCUT2D eigenvalue weighted by Crippen LogP contribution is 2.24. The molecule has 0 atom stereocenters. The van der Waals surface area contributed by atoms with E-state index in [0.717, 1.165) is 24.2 Å². The molecule has 25 heavy (non-hydrogen) atoms. The minimum Gasteiger partial charge on any atom is -0.490 e. The molecule has 1 aliphatic carbocycles. The third-order valence-corrected chi connectivity index (χ3v) is 4.59. The molecular formula is C18H21N5O2. The largest absolute Gasteiger partial charge is 0.490 e. The molecule has 2 N–H and O–H groups in total. The van der Waals surface area contributed by atoms with Gasteiger partial charge in [-0.15, -0.1) is 0 Å². The van der Waals surface area contributed by atoms with Crippen molar-refractivity contribution in [3.63, 3.8) is 0 Å². The van der Waals surface area contributed by atoms with E-state index in [0.29, 0.717) is 29.6 Å². The Hall–Kier alpha value is -2.83. The molecule has 0 radical (unpaired) electrons. The molecule has 7 nitrogen and oxygen atoms in total. The number of aryl methyl sites for hydroxylation is 1. The van der Waals surface area contributed by atoms with E-state index in [4.69, 9.17) is 4.74 Å². The number of rotatable bonds is 5. The molecule has 2 aromatic heterocycles. The van der Waals surface area contributed by atoms with Crippen molar-refractivity contribution in [1.82, 2.24) is 19.7 Å². The second kappa shape index (κ2) is 6.58. The summed E-state index contributed by atoms with van der Waals surface area (Å²) in [4.78, 5) is 19.2. The molecule has 4 rings (SSSR count). The first-order valence-corrected chi connectivity index (χ1v) is 8.60. The van der Waals surface area contributed by atoms with Crippen LogP contribution in [0.15, 0.2) is 35.3 Å². The van der Waals surface area contributed by atoms with Crippen LogP contribution in [-0.2, 0) is 13.6 Å². The van der Waals surface area contributed by atoms with Crippen molar-refractivity contribution in [2.45, 2.75) is 38.3 Å². The molecule has 2 heterocycles. The Morgan fingerprint density at radius 1 is 1.28 bits per heavy atom. The van der Waals surface area contributed by atoms with E-state index in [1.54, 1.807) is 11.7 Å². The molecule has 7 heteroatoms. The molecule has 130 valence electrons. The van der Waals surface area contributed by atoms with E-state index in [9.17, 15) is 4.79 Å². The van der Waals surface area contributed by atoms with Gasteiger partial charge < -0.3 is 10.1 Å². The first kappa shape index (κ1) is 15.7. The van der Waals surface area contributed by atoms with Crippen LogP contribution in [0.5, 0.6) is 5.75 Å². The van der Waals surface area contributed by atoms with E-state index >= 15 is 0 Å². The first-order valence-electron chi connectivity index (χ1n) is 8.60. The summed E-state index contributed by atoms with van der Waals surface area (Å²) >= 11 is 0. The fourth-order valence-electron chi connectivity index (χ4n) is 3.19. The normalized spacial score (nSPS) is 14.9. The third kappa shape index (κ3) is 3.35. The SMILES string of the molecule is Cn1ncc2c(=O)[nH]c(NCc3ccc(OC4CCCC4)cc3)nc21. The Labute approximate surface area is 145 Å². The van der Waals surface area contributed by atoms with Gasteiger partial charge in [-0.25, -0.2) is 0 Å². The van der Waals surface area contributed by atoms with Gasteiger partial charge in [-0.3, -0.25) is 14.5 Å². The van der Waals surface area contributed by atoms with Gasteiger partial charge in [-0.2, -0.15) is 10.1 Å². The molecule has 0 saturated heterocycles. The number of hydrogen-bond donors (Lipinski definition) is 2. The first-order chi connectivity index (χ1) is 12.2. The summed E-state index contributed by atoms with van der Waals surface area (Å²) in [6, 6.07) is 8.04. The number of nitrogens with zero attached hydrogens (tertiary/aromatic N) is 3. The third-order valence-electron chi connectivity index (χ3n) is 4.59. The number of nitrogens with one attached hydrogen (secondary N) is 2. The average Bonchev–Trinajstić information content (AvgIpc) is 3.25. The van der Waals surface area contributed by atoms with Crippen LogP contribution in [0, 0.1) is 0 Å². The van der Waals surface area contributed by atoms with Gasteiger partial charge in [0.25, 0.3) is 5.56 Å². The quantitative estimate of drug-likeness (QED) is 0.746. The van der Waals surface area contributed by atoms with Gasteiger partial charge in [0, 0.05) is 13.6 Å². The Morgan fingerprint density at radius 3 is 2.80 bits per heavy atom. The molecule has 0 amide bonds. The molecule has 0 unspecified atom stereocenters. The van der Waals surface area contributed by atoms with Crippen LogP contribution in [0.25, 0.3) is 11.0 Å². The summed E-state index contributed by atoms with van der Waals surface area (Å²) in [5, 5.41) is 7.70. The molecule has 1 aliphatic rings. The lowest BCUT2D eigenvalue weighted by Gasteiger charge is -2.13. The summed E-state index contributed by atoms with van der Waals surface area (Å²) in [6.07, 6.45) is 6.72. The molecule has 0 spiro atoms. The van der Waals surface area contributed by atoms with Gasteiger partial charge in [0.15, 0.2) is 5.65 Å². The highest BCUT2D eigenvalue weighted by Gasteiger charge is 2.16. The van der Waals surface area contributed by atoms with Gasteiger partial charge in [-0.1, -0.05) is 12.1 Å². The van der Waals surface area contributed by atoms with E-state index in [1.165, 1.54) is 19.0 Å². The summed E-state index contributed by atoms with van der Waals surface area (Å²) in [7, 11) is 1.77. The van der Waals surface area contributed by atoms with Crippen molar-refractivity contribution < 1.29 is 4.74 Å². The second-order valence-electron chi connectivity index (χ2n) is 6.44. The maximum absolute atomic E-state index is 12.0. The number of aromatic amines is 1. The van der Waals surface area contributed by atoms with Crippen molar-refractivity contribution in [2.75, 3.05) is 5.32 Å². The number of H-pyrrole nitrogens is 1. The highest BCUT2D eigenvalue weighted by molar-refractivity contribution is 5.74. The van der Waals surface area contributed by atoms with Gasteiger partial charge in [-0.05, 0) is 43.4 Å². The van der Waals surface area contributed by atoms with E-state index in [2.05, 4.69) is 20.4 Å². The van der Waals surface area contributed by atoms with Gasteiger partial charge >= 0.3 is 0 Å². The molecule has 1 aromatic carbocycles. The van der Waals surface area contributed by atoms with E-state index in [-0.39, 0.29) is 5.56 Å². The van der Waals surface area contributed by atoms with Crippen LogP contribution in [0.1, 0.15) is 31.2 Å². The number of anilines is 1. The summed E-state index contributed by atoms with van der Waals surface area (Å²) in [5.74, 6) is 1.35. The fraction of sp³-hybridized carbons (Fsp3) is 0.389. The summed E-state index contributed by atoms with van der Waals surface area (Å²) in [5.41, 5.74) is 1.46. The number of hydrogen-bond acceptors (Lipinski definition) is 5. The zero-order valence-corrected chi connectivity index (χ0v) is 14.2. The highest BCUT2D eigenvalue weighted by atomic mass is 16.5. The van der Waals surface area contributed by atoms with Gasteiger partial charge in [0.2, 0.25) is 5.95 Å². The molecule has 0 bridgehead atoms. The zero-order chi connectivity index (χ0) is 17.2. The van der Waals surface area contributed by atoms with Crippen LogP contribution in [0.4, 0.5) is 5.95 Å². The lowest BCUT2D eigenvalue weighted by atomic mass is 10.2. The minimum absolute atomic E-state index is 0.194. The Bertz CT molecular complexity index is 923. The van der Waals surface area contributed by atoms with Crippen LogP contribution < -0.4 is 15.6 Å². The topological polar surface area (TPSA) is 84.8 Å².